The Hall–Kier alpha value is -2.02. The van der Waals surface area contributed by atoms with Gasteiger partial charge in [-0.2, -0.15) is 0 Å². The van der Waals surface area contributed by atoms with E-state index in [1.54, 1.807) is 16.1 Å². The predicted octanol–water partition coefficient (Wildman–Crippen LogP) is 3.01. The summed E-state index contributed by atoms with van der Waals surface area (Å²) in [6.07, 6.45) is 5.56. The van der Waals surface area contributed by atoms with Gasteiger partial charge in [0.25, 0.3) is 0 Å². The van der Waals surface area contributed by atoms with Crippen LogP contribution in [0.25, 0.3) is 0 Å². The molecule has 0 spiro atoms. The van der Waals surface area contributed by atoms with E-state index in [1.807, 2.05) is 26.0 Å². The number of rotatable bonds is 10. The van der Waals surface area contributed by atoms with Crippen molar-refractivity contribution < 1.29 is 18.7 Å². The van der Waals surface area contributed by atoms with E-state index in [9.17, 15) is 9.59 Å². The molecule has 0 unspecified atom stereocenters. The summed E-state index contributed by atoms with van der Waals surface area (Å²) in [5, 5.41) is 2.90. The van der Waals surface area contributed by atoms with E-state index in [4.69, 9.17) is 9.15 Å². The zero-order valence-corrected chi connectivity index (χ0v) is 16.8. The Bertz CT molecular complexity index is 568. The van der Waals surface area contributed by atoms with Crippen molar-refractivity contribution in [2.24, 2.45) is 0 Å². The second-order valence-corrected chi connectivity index (χ2v) is 7.30. The number of unbranched alkanes of at least 4 members (excludes halogenated alkanes) is 1. The Morgan fingerprint density at radius 2 is 2.19 bits per heavy atom. The lowest BCUT2D eigenvalue weighted by atomic mass is 10.2. The smallest absolute Gasteiger partial charge is 0.318 e. The van der Waals surface area contributed by atoms with Crippen molar-refractivity contribution in [3.8, 4) is 0 Å². The van der Waals surface area contributed by atoms with Crippen LogP contribution in [-0.4, -0.2) is 60.1 Å². The first-order valence-corrected chi connectivity index (χ1v) is 9.97. The lowest BCUT2D eigenvalue weighted by Gasteiger charge is -2.30. The highest BCUT2D eigenvalue weighted by Crippen LogP contribution is 2.16. The minimum Gasteiger partial charge on any atom is -0.467 e. The van der Waals surface area contributed by atoms with Gasteiger partial charge < -0.3 is 24.3 Å². The maximum Gasteiger partial charge on any atom is 0.318 e. The lowest BCUT2D eigenvalue weighted by molar-refractivity contribution is -0.134. The number of hydrogen-bond acceptors (Lipinski definition) is 4. The van der Waals surface area contributed by atoms with E-state index in [0.717, 1.165) is 38.1 Å². The first-order chi connectivity index (χ1) is 13.0. The molecule has 152 valence electrons. The number of ether oxygens (including phenoxy) is 1. The Kier molecular flexibility index (Phi) is 8.64. The van der Waals surface area contributed by atoms with Gasteiger partial charge in [-0.3, -0.25) is 4.79 Å². The zero-order valence-electron chi connectivity index (χ0n) is 16.8. The minimum absolute atomic E-state index is 0.0447. The maximum atomic E-state index is 13.0. The first-order valence-electron chi connectivity index (χ1n) is 9.97. The van der Waals surface area contributed by atoms with Crippen LogP contribution in [0.15, 0.2) is 22.8 Å². The van der Waals surface area contributed by atoms with E-state index >= 15 is 0 Å². The average molecular weight is 380 g/mol. The molecule has 3 amide bonds. The summed E-state index contributed by atoms with van der Waals surface area (Å²) in [5.41, 5.74) is 0. The number of hydrogen-bond donors (Lipinski definition) is 1. The average Bonchev–Trinajstić information content (AvgIpc) is 3.32. The van der Waals surface area contributed by atoms with Crippen molar-refractivity contribution in [2.75, 3.05) is 26.2 Å². The van der Waals surface area contributed by atoms with Crippen LogP contribution in [0.1, 0.15) is 52.2 Å². The van der Waals surface area contributed by atoms with Gasteiger partial charge in [-0.1, -0.05) is 13.3 Å². The highest BCUT2D eigenvalue weighted by atomic mass is 16.5. The molecule has 0 aliphatic carbocycles. The number of nitrogens with one attached hydrogen (secondary N) is 1. The fourth-order valence-corrected chi connectivity index (χ4v) is 3.09. The molecule has 0 radical (unpaired) electrons. The van der Waals surface area contributed by atoms with Crippen molar-refractivity contribution in [1.29, 1.82) is 0 Å². The monoisotopic (exact) mass is 379 g/mol. The highest BCUT2D eigenvalue weighted by molar-refractivity contribution is 5.84. The van der Waals surface area contributed by atoms with Gasteiger partial charge in [-0.05, 0) is 45.2 Å². The molecule has 27 heavy (non-hydrogen) atoms. The van der Waals surface area contributed by atoms with Crippen LogP contribution in [0.2, 0.25) is 0 Å². The Morgan fingerprint density at radius 3 is 2.78 bits per heavy atom. The van der Waals surface area contributed by atoms with Gasteiger partial charge in [0.05, 0.1) is 18.9 Å². The Balaban J connectivity index is 2.00. The molecule has 2 rings (SSSR count). The van der Waals surface area contributed by atoms with Crippen molar-refractivity contribution in [2.45, 2.75) is 65.1 Å². The van der Waals surface area contributed by atoms with Gasteiger partial charge in [0, 0.05) is 25.7 Å². The molecule has 1 N–H and O–H groups in total. The van der Waals surface area contributed by atoms with E-state index < -0.39 is 0 Å². The summed E-state index contributed by atoms with van der Waals surface area (Å²) in [7, 11) is 0. The third kappa shape index (κ3) is 6.90. The van der Waals surface area contributed by atoms with E-state index in [-0.39, 0.29) is 30.6 Å². The van der Waals surface area contributed by atoms with Crippen LogP contribution in [0.4, 0.5) is 4.79 Å². The van der Waals surface area contributed by atoms with Gasteiger partial charge in [0.15, 0.2) is 0 Å². The van der Waals surface area contributed by atoms with Gasteiger partial charge in [0.2, 0.25) is 5.91 Å². The number of carbonyl (C=O) groups excluding carboxylic acids is 2. The molecule has 0 aromatic carbocycles. The van der Waals surface area contributed by atoms with Gasteiger partial charge in [-0.25, -0.2) is 4.79 Å². The topological polar surface area (TPSA) is 75.0 Å². The summed E-state index contributed by atoms with van der Waals surface area (Å²) in [6.45, 7) is 8.23. The SMILES string of the molecule is CCCCNC(=O)N(CC(=O)N(Cc1ccco1)C[C@H]1CCCO1)C(C)C. The van der Waals surface area contributed by atoms with Crippen LogP contribution in [-0.2, 0) is 16.1 Å². The molecule has 1 aliphatic heterocycles. The van der Waals surface area contributed by atoms with E-state index in [1.165, 1.54) is 0 Å². The molecule has 1 aromatic heterocycles. The van der Waals surface area contributed by atoms with Crippen LogP contribution < -0.4 is 5.32 Å². The molecular weight excluding hydrogens is 346 g/mol. The third-order valence-electron chi connectivity index (χ3n) is 4.72. The zero-order chi connectivity index (χ0) is 19.6. The van der Waals surface area contributed by atoms with Gasteiger partial charge in [0.1, 0.15) is 12.3 Å². The molecule has 1 aromatic rings. The number of carbonyl (C=O) groups is 2. The van der Waals surface area contributed by atoms with E-state index in [2.05, 4.69) is 12.2 Å². The van der Waals surface area contributed by atoms with Crippen LogP contribution in [0.5, 0.6) is 0 Å². The summed E-state index contributed by atoms with van der Waals surface area (Å²) >= 11 is 0. The second-order valence-electron chi connectivity index (χ2n) is 7.30. The summed E-state index contributed by atoms with van der Waals surface area (Å²) in [6, 6.07) is 3.41. The normalized spacial score (nSPS) is 16.5. The second kappa shape index (κ2) is 11.0. The molecule has 0 bridgehead atoms. The summed E-state index contributed by atoms with van der Waals surface area (Å²) in [5.74, 6) is 0.631. The number of urea groups is 1. The Morgan fingerprint density at radius 1 is 1.37 bits per heavy atom. The Labute approximate surface area is 162 Å². The third-order valence-corrected chi connectivity index (χ3v) is 4.72. The van der Waals surface area contributed by atoms with Crippen molar-refractivity contribution in [1.82, 2.24) is 15.1 Å². The molecule has 2 heterocycles. The molecule has 1 aliphatic rings. The molecule has 1 atom stereocenters. The van der Waals surface area contributed by atoms with Crippen molar-refractivity contribution >= 4 is 11.9 Å². The van der Waals surface area contributed by atoms with Crippen molar-refractivity contribution in [3.63, 3.8) is 0 Å². The number of nitrogens with zero attached hydrogens (tertiary/aromatic N) is 2. The molecule has 7 heteroatoms. The molecule has 0 saturated carbocycles. The first kappa shape index (κ1) is 21.3. The van der Waals surface area contributed by atoms with Crippen molar-refractivity contribution in [3.05, 3.63) is 24.2 Å². The molecular formula is C20H33N3O4. The summed E-state index contributed by atoms with van der Waals surface area (Å²) < 4.78 is 11.1. The van der Waals surface area contributed by atoms with Crippen LogP contribution in [0.3, 0.4) is 0 Å². The van der Waals surface area contributed by atoms with Gasteiger partial charge >= 0.3 is 6.03 Å². The summed E-state index contributed by atoms with van der Waals surface area (Å²) in [4.78, 5) is 28.8. The van der Waals surface area contributed by atoms with Crippen LogP contribution >= 0.6 is 0 Å². The van der Waals surface area contributed by atoms with Gasteiger partial charge in [-0.15, -0.1) is 0 Å². The number of furan rings is 1. The highest BCUT2D eigenvalue weighted by Gasteiger charge is 2.27. The predicted molar refractivity (Wildman–Crippen MR) is 103 cm³/mol. The standard InChI is InChI=1S/C20H33N3O4/c1-4-5-10-21-20(25)23(16(2)3)15-19(24)22(13-17-8-6-11-26-17)14-18-9-7-12-27-18/h6,8,11,16,18H,4-5,7,9-10,12-15H2,1-3H3,(H,21,25)/t18-/m1/s1. The minimum atomic E-state index is -0.193. The molecule has 1 fully saturated rings. The largest absolute Gasteiger partial charge is 0.467 e. The fraction of sp³-hybridized carbons (Fsp3) is 0.700. The lowest BCUT2D eigenvalue weighted by Crippen LogP contribution is -2.50. The molecule has 1 saturated heterocycles. The quantitative estimate of drug-likeness (QED) is 0.634. The number of amides is 3. The van der Waals surface area contributed by atoms with E-state index in [0.29, 0.717) is 19.6 Å². The van der Waals surface area contributed by atoms with Crippen LogP contribution in [0, 0.1) is 0 Å². The molecule has 7 nitrogen and oxygen atoms in total. The fourth-order valence-electron chi connectivity index (χ4n) is 3.09. The maximum absolute atomic E-state index is 13.0.